The number of hydrogen-bond donors (Lipinski definition) is 0. The first-order valence-electron chi connectivity index (χ1n) is 4.95. The third kappa shape index (κ3) is 4.00. The predicted molar refractivity (Wildman–Crippen MR) is 60.5 cm³/mol. The highest BCUT2D eigenvalue weighted by molar-refractivity contribution is 5.85. The molecule has 0 amide bonds. The maximum atomic E-state index is 12.4. The Morgan fingerprint density at radius 2 is 2.00 bits per heavy atom. The molecule has 4 nitrogen and oxygen atoms in total. The van der Waals surface area contributed by atoms with E-state index in [9.17, 15) is 23.3 Å². The Morgan fingerprint density at radius 1 is 1.33 bits per heavy atom. The van der Waals surface area contributed by atoms with Gasteiger partial charge in [-0.25, -0.2) is 4.39 Å². The van der Waals surface area contributed by atoms with Crippen molar-refractivity contribution in [1.82, 2.24) is 0 Å². The van der Waals surface area contributed by atoms with Gasteiger partial charge >= 0.3 is 6.08 Å². The SMILES string of the molecule is O=[N+]([O-])c1ccccc1C=NCCC(F)=C(F)F. The van der Waals surface area contributed by atoms with Crippen LogP contribution in [0.1, 0.15) is 12.0 Å². The summed E-state index contributed by atoms with van der Waals surface area (Å²) in [5, 5.41) is 10.6. The molecule has 1 aromatic carbocycles. The Balaban J connectivity index is 2.68. The van der Waals surface area contributed by atoms with E-state index in [1.807, 2.05) is 0 Å². The van der Waals surface area contributed by atoms with Gasteiger partial charge in [-0.2, -0.15) is 8.78 Å². The van der Waals surface area contributed by atoms with Gasteiger partial charge in [0, 0.05) is 25.2 Å². The minimum Gasteiger partial charge on any atom is -0.292 e. The van der Waals surface area contributed by atoms with Crippen LogP contribution in [-0.2, 0) is 0 Å². The molecule has 0 fully saturated rings. The van der Waals surface area contributed by atoms with E-state index >= 15 is 0 Å². The molecule has 0 bridgehead atoms. The summed E-state index contributed by atoms with van der Waals surface area (Å²) in [6.45, 7) is -0.199. The van der Waals surface area contributed by atoms with Gasteiger partial charge in [-0.3, -0.25) is 15.1 Å². The summed E-state index contributed by atoms with van der Waals surface area (Å²) in [5.74, 6) is -1.52. The van der Waals surface area contributed by atoms with Crippen molar-refractivity contribution in [3.63, 3.8) is 0 Å². The van der Waals surface area contributed by atoms with E-state index in [2.05, 4.69) is 4.99 Å². The van der Waals surface area contributed by atoms with Gasteiger partial charge < -0.3 is 0 Å². The van der Waals surface area contributed by atoms with Gasteiger partial charge in [0.05, 0.1) is 10.5 Å². The molecule has 0 N–H and O–H groups in total. The van der Waals surface area contributed by atoms with Gasteiger partial charge in [-0.1, -0.05) is 12.1 Å². The number of benzene rings is 1. The Hall–Kier alpha value is -2.18. The van der Waals surface area contributed by atoms with Crippen LogP contribution in [0.3, 0.4) is 0 Å². The Morgan fingerprint density at radius 3 is 2.61 bits per heavy atom. The number of aliphatic imine (C=N–C) groups is 1. The van der Waals surface area contributed by atoms with Crippen molar-refractivity contribution in [3.8, 4) is 0 Å². The fourth-order valence-corrected chi connectivity index (χ4v) is 1.18. The van der Waals surface area contributed by atoms with E-state index in [0.717, 1.165) is 0 Å². The van der Waals surface area contributed by atoms with Crippen LogP contribution < -0.4 is 0 Å². The minimum absolute atomic E-state index is 0.145. The lowest BCUT2D eigenvalue weighted by atomic mass is 10.2. The van der Waals surface area contributed by atoms with Crippen LogP contribution >= 0.6 is 0 Å². The van der Waals surface area contributed by atoms with Gasteiger partial charge in [0.1, 0.15) is 0 Å². The van der Waals surface area contributed by atoms with Crippen molar-refractivity contribution in [2.24, 2.45) is 4.99 Å². The van der Waals surface area contributed by atoms with E-state index in [1.165, 1.54) is 24.4 Å². The minimum atomic E-state index is -2.36. The summed E-state index contributed by atoms with van der Waals surface area (Å²) < 4.78 is 35.8. The summed E-state index contributed by atoms with van der Waals surface area (Å²) >= 11 is 0. The number of nitro groups is 1. The smallest absolute Gasteiger partial charge is 0.292 e. The molecule has 1 aromatic rings. The van der Waals surface area contributed by atoms with Gasteiger partial charge in [-0.15, -0.1) is 0 Å². The summed E-state index contributed by atoms with van der Waals surface area (Å²) in [4.78, 5) is 13.7. The summed E-state index contributed by atoms with van der Waals surface area (Å²) in [6, 6.07) is 5.83. The quantitative estimate of drug-likeness (QED) is 0.461. The average molecular weight is 258 g/mol. The molecule has 0 aromatic heterocycles. The Bertz CT molecular complexity index is 497. The first kappa shape index (κ1) is 13.9. The van der Waals surface area contributed by atoms with Gasteiger partial charge in [0.25, 0.3) is 5.69 Å². The van der Waals surface area contributed by atoms with Crippen LogP contribution in [0.25, 0.3) is 0 Å². The average Bonchev–Trinajstić information content (AvgIpc) is 2.34. The van der Waals surface area contributed by atoms with Gasteiger partial charge in [0.2, 0.25) is 0 Å². The molecule has 0 spiro atoms. The summed E-state index contributed by atoms with van der Waals surface area (Å²) in [6.07, 6.45) is -1.73. The van der Waals surface area contributed by atoms with E-state index in [-0.39, 0.29) is 17.8 Å². The standard InChI is InChI=1S/C11H9F3N2O2/c12-9(11(13)14)5-6-15-7-8-3-1-2-4-10(8)16(17)18/h1-4,7H,5-6H2. The molecule has 0 heterocycles. The highest BCUT2D eigenvalue weighted by atomic mass is 19.3. The third-order valence-corrected chi connectivity index (χ3v) is 2.03. The molecule has 0 aliphatic heterocycles. The lowest BCUT2D eigenvalue weighted by Gasteiger charge is -1.96. The van der Waals surface area contributed by atoms with Crippen molar-refractivity contribution in [2.75, 3.05) is 6.54 Å². The molecule has 18 heavy (non-hydrogen) atoms. The second kappa shape index (κ2) is 6.53. The van der Waals surface area contributed by atoms with Crippen LogP contribution in [0.15, 0.2) is 41.2 Å². The van der Waals surface area contributed by atoms with E-state index in [1.54, 1.807) is 6.07 Å². The van der Waals surface area contributed by atoms with Crippen molar-refractivity contribution in [1.29, 1.82) is 0 Å². The highest BCUT2D eigenvalue weighted by Gasteiger charge is 2.09. The molecule has 0 atom stereocenters. The number of rotatable bonds is 5. The first-order chi connectivity index (χ1) is 8.52. The maximum Gasteiger partial charge on any atom is 0.301 e. The maximum absolute atomic E-state index is 12.4. The number of hydrogen-bond acceptors (Lipinski definition) is 3. The van der Waals surface area contributed by atoms with Crippen LogP contribution in [0.2, 0.25) is 0 Å². The molecule has 0 saturated heterocycles. The van der Waals surface area contributed by atoms with Crippen LogP contribution in [-0.4, -0.2) is 17.7 Å². The molecular weight excluding hydrogens is 249 g/mol. The second-order valence-electron chi connectivity index (χ2n) is 3.27. The molecule has 0 radical (unpaired) electrons. The first-order valence-corrected chi connectivity index (χ1v) is 4.95. The van der Waals surface area contributed by atoms with Crippen LogP contribution in [0.4, 0.5) is 18.9 Å². The van der Waals surface area contributed by atoms with E-state index in [4.69, 9.17) is 0 Å². The number of nitrogens with zero attached hydrogens (tertiary/aromatic N) is 2. The van der Waals surface area contributed by atoms with Crippen molar-refractivity contribution < 1.29 is 18.1 Å². The summed E-state index contributed by atoms with van der Waals surface area (Å²) in [7, 11) is 0. The van der Waals surface area contributed by atoms with Crippen molar-refractivity contribution in [3.05, 3.63) is 51.9 Å². The van der Waals surface area contributed by atoms with Crippen LogP contribution in [0.5, 0.6) is 0 Å². The van der Waals surface area contributed by atoms with Crippen molar-refractivity contribution >= 4 is 11.9 Å². The molecule has 96 valence electrons. The zero-order valence-electron chi connectivity index (χ0n) is 9.15. The second-order valence-corrected chi connectivity index (χ2v) is 3.27. The molecule has 0 aliphatic carbocycles. The molecule has 7 heteroatoms. The molecule has 0 saturated carbocycles. The number of halogens is 3. The Kier molecular flexibility index (Phi) is 5.04. The third-order valence-electron chi connectivity index (χ3n) is 2.03. The number of para-hydroxylation sites is 1. The van der Waals surface area contributed by atoms with E-state index in [0.29, 0.717) is 0 Å². The highest BCUT2D eigenvalue weighted by Crippen LogP contribution is 2.16. The largest absolute Gasteiger partial charge is 0.301 e. The van der Waals surface area contributed by atoms with Crippen LogP contribution in [0, 0.1) is 10.1 Å². The molecule has 1 rings (SSSR count). The van der Waals surface area contributed by atoms with Crippen molar-refractivity contribution in [2.45, 2.75) is 6.42 Å². The zero-order valence-corrected chi connectivity index (χ0v) is 9.15. The Labute approximate surface area is 101 Å². The molecule has 0 aliphatic rings. The fraction of sp³-hybridized carbons (Fsp3) is 0.182. The topological polar surface area (TPSA) is 55.5 Å². The zero-order chi connectivity index (χ0) is 13.5. The molecular formula is C11H9F3N2O2. The lowest BCUT2D eigenvalue weighted by molar-refractivity contribution is -0.385. The van der Waals surface area contributed by atoms with E-state index < -0.39 is 23.3 Å². The normalized spacial score (nSPS) is 10.6. The predicted octanol–water partition coefficient (Wildman–Crippen LogP) is 3.48. The van der Waals surface area contributed by atoms with Gasteiger partial charge in [-0.05, 0) is 6.07 Å². The molecule has 0 unspecified atom stereocenters. The number of nitro benzene ring substituents is 1. The lowest BCUT2D eigenvalue weighted by Crippen LogP contribution is -1.94. The van der Waals surface area contributed by atoms with Gasteiger partial charge in [0.15, 0.2) is 5.83 Å². The summed E-state index contributed by atoms with van der Waals surface area (Å²) in [5.41, 5.74) is 0.0987. The fourth-order valence-electron chi connectivity index (χ4n) is 1.18. The monoisotopic (exact) mass is 258 g/mol.